The third-order valence-electron chi connectivity index (χ3n) is 4.93. The van der Waals surface area contributed by atoms with Gasteiger partial charge in [0.05, 0.1) is 0 Å². The molecule has 0 amide bonds. The second-order valence-corrected chi connectivity index (χ2v) is 6.68. The first kappa shape index (κ1) is 16.6. The van der Waals surface area contributed by atoms with Gasteiger partial charge in [0.25, 0.3) is 0 Å². The number of fused-ring (bicyclic) bond motifs is 1. The number of nitrogens with zero attached hydrogens (tertiary/aromatic N) is 1. The van der Waals surface area contributed by atoms with Gasteiger partial charge in [-0.1, -0.05) is 51.9 Å². The van der Waals surface area contributed by atoms with Crippen LogP contribution in [0.3, 0.4) is 0 Å². The predicted octanol–water partition coefficient (Wildman–Crippen LogP) is 5.23. The quantitative estimate of drug-likeness (QED) is 0.487. The minimum atomic E-state index is 0.581. The highest BCUT2D eigenvalue weighted by Gasteiger charge is 2.18. The fraction of sp³-hybridized carbons (Fsp3) is 0.789. The van der Waals surface area contributed by atoms with Crippen LogP contribution in [0.2, 0.25) is 0 Å². The minimum absolute atomic E-state index is 0.581. The monoisotopic (exact) mass is 290 g/mol. The van der Waals surface area contributed by atoms with Gasteiger partial charge in [0.2, 0.25) is 0 Å². The Hall–Kier alpha value is -0.760. The van der Waals surface area contributed by atoms with E-state index in [4.69, 9.17) is 0 Å². The van der Waals surface area contributed by atoms with E-state index in [1.807, 2.05) is 0 Å². The molecule has 1 aliphatic carbocycles. The van der Waals surface area contributed by atoms with E-state index in [1.165, 1.54) is 77.2 Å². The first-order valence-electron chi connectivity index (χ1n) is 9.21. The van der Waals surface area contributed by atoms with Gasteiger partial charge in [-0.3, -0.25) is 0 Å². The van der Waals surface area contributed by atoms with Crippen molar-refractivity contribution in [2.45, 2.75) is 90.1 Å². The van der Waals surface area contributed by atoms with Crippen LogP contribution < -0.4 is 5.32 Å². The van der Waals surface area contributed by atoms with Crippen molar-refractivity contribution < 1.29 is 0 Å². The van der Waals surface area contributed by atoms with Crippen molar-refractivity contribution in [2.24, 2.45) is 0 Å². The summed E-state index contributed by atoms with van der Waals surface area (Å²) >= 11 is 0. The Morgan fingerprint density at radius 2 is 1.81 bits per heavy atom. The maximum atomic E-state index is 3.50. The van der Waals surface area contributed by atoms with Gasteiger partial charge < -0.3 is 9.88 Å². The molecule has 1 heterocycles. The van der Waals surface area contributed by atoms with E-state index >= 15 is 0 Å². The van der Waals surface area contributed by atoms with E-state index in [-0.39, 0.29) is 0 Å². The Kier molecular flexibility index (Phi) is 7.35. The molecule has 0 bridgehead atoms. The molecule has 0 fully saturated rings. The molecule has 1 aromatic rings. The second-order valence-electron chi connectivity index (χ2n) is 6.68. The van der Waals surface area contributed by atoms with Crippen LogP contribution in [0, 0.1) is 0 Å². The van der Waals surface area contributed by atoms with E-state index in [2.05, 4.69) is 36.2 Å². The van der Waals surface area contributed by atoms with Gasteiger partial charge in [-0.15, -0.1) is 0 Å². The number of hydrogen-bond acceptors (Lipinski definition) is 1. The fourth-order valence-electron chi connectivity index (χ4n) is 3.60. The van der Waals surface area contributed by atoms with Gasteiger partial charge in [0, 0.05) is 25.0 Å². The highest BCUT2D eigenvalue weighted by Crippen LogP contribution is 2.29. The van der Waals surface area contributed by atoms with Crippen LogP contribution in [0.25, 0.3) is 0 Å². The van der Waals surface area contributed by atoms with Crippen molar-refractivity contribution in [1.29, 1.82) is 0 Å². The van der Waals surface area contributed by atoms with Crippen LogP contribution in [0.5, 0.6) is 0 Å². The highest BCUT2D eigenvalue weighted by atomic mass is 15.0. The number of unbranched alkanes of at least 4 members (excludes halogenated alkanes) is 6. The van der Waals surface area contributed by atoms with Crippen molar-refractivity contribution in [3.8, 4) is 0 Å². The minimum Gasteiger partial charge on any atom is -0.354 e. The molecule has 2 rings (SSSR count). The van der Waals surface area contributed by atoms with Crippen LogP contribution in [-0.2, 0) is 13.0 Å². The van der Waals surface area contributed by atoms with Gasteiger partial charge in [-0.25, -0.2) is 0 Å². The molecule has 2 heteroatoms. The summed E-state index contributed by atoms with van der Waals surface area (Å²) in [5, 5.41) is 3.50. The topological polar surface area (TPSA) is 17.0 Å². The van der Waals surface area contributed by atoms with Crippen molar-refractivity contribution >= 4 is 0 Å². The molecule has 0 saturated heterocycles. The van der Waals surface area contributed by atoms with E-state index in [0.29, 0.717) is 6.04 Å². The third kappa shape index (κ3) is 5.18. The van der Waals surface area contributed by atoms with E-state index in [0.717, 1.165) is 0 Å². The Morgan fingerprint density at radius 3 is 2.57 bits per heavy atom. The molecule has 0 radical (unpaired) electrons. The molecule has 0 aliphatic heterocycles. The average Bonchev–Trinajstić information content (AvgIpc) is 2.80. The molecule has 120 valence electrons. The average molecular weight is 290 g/mol. The number of rotatable bonds is 9. The van der Waals surface area contributed by atoms with Crippen molar-refractivity contribution in [1.82, 2.24) is 9.88 Å². The van der Waals surface area contributed by atoms with Crippen molar-refractivity contribution in [2.75, 3.05) is 7.05 Å². The maximum Gasteiger partial charge on any atom is 0.0335 e. The lowest BCUT2D eigenvalue weighted by molar-refractivity contribution is 0.524. The van der Waals surface area contributed by atoms with Crippen LogP contribution in [0.4, 0.5) is 0 Å². The Bertz CT molecular complexity index is 394. The van der Waals surface area contributed by atoms with Crippen LogP contribution >= 0.6 is 0 Å². The standard InChI is InChI=1S/C19H34N2/c1-3-4-5-6-7-8-11-14-21-15-17-12-9-10-13-19(20-2)18(17)16-21/h15-16,19-20H,3-14H2,1-2H3. The molecule has 2 nitrogen and oxygen atoms in total. The van der Waals surface area contributed by atoms with Crippen LogP contribution in [0.1, 0.15) is 88.3 Å². The third-order valence-corrected chi connectivity index (χ3v) is 4.93. The molecule has 1 atom stereocenters. The van der Waals surface area contributed by atoms with E-state index < -0.39 is 0 Å². The van der Waals surface area contributed by atoms with Crippen LogP contribution in [0.15, 0.2) is 12.4 Å². The van der Waals surface area contributed by atoms with Gasteiger partial charge in [-0.05, 0) is 43.9 Å². The summed E-state index contributed by atoms with van der Waals surface area (Å²) in [5.74, 6) is 0. The first-order valence-corrected chi connectivity index (χ1v) is 9.21. The smallest absolute Gasteiger partial charge is 0.0335 e. The summed E-state index contributed by atoms with van der Waals surface area (Å²) in [6.45, 7) is 3.49. The number of aromatic nitrogens is 1. The molecule has 1 N–H and O–H groups in total. The van der Waals surface area contributed by atoms with Crippen LogP contribution in [-0.4, -0.2) is 11.6 Å². The molecular formula is C19H34N2. The number of aryl methyl sites for hydroxylation is 2. The number of nitrogens with one attached hydrogen (secondary N) is 1. The molecule has 0 spiro atoms. The Balaban J connectivity index is 1.74. The van der Waals surface area contributed by atoms with E-state index in [1.54, 1.807) is 11.1 Å². The molecule has 1 unspecified atom stereocenters. The second kappa shape index (κ2) is 9.30. The zero-order valence-electron chi connectivity index (χ0n) is 14.2. The maximum absolute atomic E-state index is 3.50. The van der Waals surface area contributed by atoms with Gasteiger partial charge >= 0.3 is 0 Å². The van der Waals surface area contributed by atoms with Gasteiger partial charge in [0.15, 0.2) is 0 Å². The summed E-state index contributed by atoms with van der Waals surface area (Å²) < 4.78 is 2.45. The lowest BCUT2D eigenvalue weighted by Crippen LogP contribution is -2.15. The van der Waals surface area contributed by atoms with Crippen molar-refractivity contribution in [3.63, 3.8) is 0 Å². The van der Waals surface area contributed by atoms with E-state index in [9.17, 15) is 0 Å². The number of hydrogen-bond donors (Lipinski definition) is 1. The largest absolute Gasteiger partial charge is 0.354 e. The molecule has 21 heavy (non-hydrogen) atoms. The molecule has 1 aromatic heterocycles. The van der Waals surface area contributed by atoms with Crippen molar-refractivity contribution in [3.05, 3.63) is 23.5 Å². The molecular weight excluding hydrogens is 256 g/mol. The molecule has 0 saturated carbocycles. The first-order chi connectivity index (χ1) is 10.3. The van der Waals surface area contributed by atoms with Gasteiger partial charge in [0.1, 0.15) is 0 Å². The summed E-state index contributed by atoms with van der Waals surface area (Å²) in [4.78, 5) is 0. The zero-order chi connectivity index (χ0) is 14.9. The molecule has 1 aliphatic rings. The highest BCUT2D eigenvalue weighted by molar-refractivity contribution is 5.29. The summed E-state index contributed by atoms with van der Waals surface area (Å²) in [6, 6.07) is 0.581. The predicted molar refractivity (Wildman–Crippen MR) is 91.8 cm³/mol. The molecule has 0 aromatic carbocycles. The lowest BCUT2D eigenvalue weighted by Gasteiger charge is -2.13. The Morgan fingerprint density at radius 1 is 1.05 bits per heavy atom. The fourth-order valence-corrected chi connectivity index (χ4v) is 3.60. The summed E-state index contributed by atoms with van der Waals surface area (Å²) in [6.07, 6.45) is 19.9. The summed E-state index contributed by atoms with van der Waals surface area (Å²) in [7, 11) is 2.10. The zero-order valence-corrected chi connectivity index (χ0v) is 14.2. The SMILES string of the molecule is CCCCCCCCCn1cc2c(c1)C(NC)CCCC2. The normalized spacial score (nSPS) is 18.5. The lowest BCUT2D eigenvalue weighted by atomic mass is 10.1. The summed E-state index contributed by atoms with van der Waals surface area (Å²) in [5.41, 5.74) is 3.16. The Labute approximate surface area is 131 Å². The van der Waals surface area contributed by atoms with Gasteiger partial charge in [-0.2, -0.15) is 0 Å².